The van der Waals surface area contributed by atoms with E-state index in [2.05, 4.69) is 16.0 Å². The van der Waals surface area contributed by atoms with Crippen molar-refractivity contribution in [1.29, 1.82) is 0 Å². The molecule has 0 saturated carbocycles. The van der Waals surface area contributed by atoms with Gasteiger partial charge in [-0.05, 0) is 42.8 Å². The normalized spacial score (nSPS) is 16.0. The number of allylic oxidation sites excluding steroid dienone is 1. The Hall–Kier alpha value is -3.59. The largest absolute Gasteiger partial charge is 0.495 e. The lowest BCUT2D eigenvalue weighted by Gasteiger charge is -2.28. The minimum atomic E-state index is -0.797. The number of hydrogen-bond donors (Lipinski definition) is 3. The van der Waals surface area contributed by atoms with Gasteiger partial charge in [0.1, 0.15) is 5.75 Å². The number of nitrogens with zero attached hydrogens (tertiary/aromatic N) is 1. The van der Waals surface area contributed by atoms with Gasteiger partial charge in [-0.25, -0.2) is 4.79 Å². The first kappa shape index (κ1) is 20.2. The molecule has 1 aliphatic rings. The van der Waals surface area contributed by atoms with E-state index < -0.39 is 22.9 Å². The Labute approximate surface area is 170 Å². The van der Waals surface area contributed by atoms with Gasteiger partial charge in [-0.15, -0.1) is 0 Å². The molecule has 1 atom stereocenters. The second-order valence-corrected chi connectivity index (χ2v) is 6.65. The molecule has 0 aromatic heterocycles. The molecule has 1 aliphatic heterocycles. The van der Waals surface area contributed by atoms with Gasteiger partial charge in [0.15, 0.2) is 0 Å². The maximum atomic E-state index is 13.1. The lowest BCUT2D eigenvalue weighted by atomic mass is 9.94. The van der Waals surface area contributed by atoms with Crippen molar-refractivity contribution >= 4 is 34.9 Å². The number of halogens is 1. The van der Waals surface area contributed by atoms with Crippen molar-refractivity contribution in [3.63, 3.8) is 0 Å². The number of amides is 3. The van der Waals surface area contributed by atoms with Crippen LogP contribution in [-0.4, -0.2) is 24.0 Å². The number of urea groups is 1. The number of nitro groups is 1. The highest BCUT2D eigenvalue weighted by Crippen LogP contribution is 2.32. The van der Waals surface area contributed by atoms with Gasteiger partial charge in [0.2, 0.25) is 0 Å². The summed E-state index contributed by atoms with van der Waals surface area (Å²) >= 11 is 6.01. The third kappa shape index (κ3) is 4.30. The molecule has 0 saturated heterocycles. The van der Waals surface area contributed by atoms with E-state index in [0.29, 0.717) is 27.7 Å². The second kappa shape index (κ2) is 8.19. The van der Waals surface area contributed by atoms with Crippen molar-refractivity contribution in [3.05, 3.63) is 74.4 Å². The molecule has 0 bridgehead atoms. The third-order valence-corrected chi connectivity index (χ3v) is 4.60. The quantitative estimate of drug-likeness (QED) is 0.508. The molecule has 0 radical (unpaired) electrons. The maximum Gasteiger partial charge on any atom is 0.319 e. The number of methoxy groups -OCH3 is 1. The number of carbonyl (C=O) groups is 2. The third-order valence-electron chi connectivity index (χ3n) is 4.36. The van der Waals surface area contributed by atoms with Crippen molar-refractivity contribution < 1.29 is 19.2 Å². The van der Waals surface area contributed by atoms with E-state index in [1.54, 1.807) is 25.1 Å². The molecular formula is C19H17ClN4O5. The van der Waals surface area contributed by atoms with E-state index >= 15 is 0 Å². The fourth-order valence-electron chi connectivity index (χ4n) is 3.00. The van der Waals surface area contributed by atoms with Gasteiger partial charge in [-0.2, -0.15) is 0 Å². The number of non-ortho nitro benzene ring substituents is 1. The second-order valence-electron chi connectivity index (χ2n) is 6.22. The highest BCUT2D eigenvalue weighted by molar-refractivity contribution is 6.31. The topological polar surface area (TPSA) is 123 Å². The molecule has 1 heterocycles. The lowest BCUT2D eigenvalue weighted by Crippen LogP contribution is -2.46. The fraction of sp³-hybridized carbons (Fsp3) is 0.158. The van der Waals surface area contributed by atoms with E-state index in [9.17, 15) is 19.7 Å². The first-order valence-corrected chi connectivity index (χ1v) is 8.85. The number of anilines is 1. The summed E-state index contributed by atoms with van der Waals surface area (Å²) in [7, 11) is 1.46. The molecule has 29 heavy (non-hydrogen) atoms. The molecular weight excluding hydrogens is 400 g/mol. The molecule has 10 heteroatoms. The van der Waals surface area contributed by atoms with Crippen LogP contribution < -0.4 is 20.7 Å². The van der Waals surface area contributed by atoms with Crippen LogP contribution in [0.1, 0.15) is 18.5 Å². The average molecular weight is 417 g/mol. The predicted molar refractivity (Wildman–Crippen MR) is 107 cm³/mol. The van der Waals surface area contributed by atoms with Crippen molar-refractivity contribution in [1.82, 2.24) is 10.6 Å². The molecule has 150 valence electrons. The summed E-state index contributed by atoms with van der Waals surface area (Å²) in [5.41, 5.74) is 1.40. The summed E-state index contributed by atoms with van der Waals surface area (Å²) in [6.07, 6.45) is 0. The first-order valence-electron chi connectivity index (χ1n) is 8.47. The van der Waals surface area contributed by atoms with E-state index in [1.165, 1.54) is 31.4 Å². The minimum Gasteiger partial charge on any atom is -0.495 e. The Balaban J connectivity index is 1.96. The van der Waals surface area contributed by atoms with Gasteiger partial charge in [-0.1, -0.05) is 11.6 Å². The standard InChI is InChI=1S/C19H17ClN4O5/c1-10-16(18(25)22-14-9-12(20)5-8-15(14)29-2)17(23-19(26)21-10)11-3-6-13(7-4-11)24(27)28/h3-9,17H,1-2H3,(H,22,25)(H2,21,23,26). The molecule has 0 fully saturated rings. The fourth-order valence-corrected chi connectivity index (χ4v) is 3.17. The van der Waals surface area contributed by atoms with Crippen LogP contribution in [0, 0.1) is 10.1 Å². The number of hydrogen-bond acceptors (Lipinski definition) is 5. The number of nitrogens with one attached hydrogen (secondary N) is 3. The Kier molecular flexibility index (Phi) is 5.69. The minimum absolute atomic E-state index is 0.0932. The summed E-state index contributed by atoms with van der Waals surface area (Å²) in [6.45, 7) is 1.60. The molecule has 2 aromatic rings. The first-order chi connectivity index (χ1) is 13.8. The summed E-state index contributed by atoms with van der Waals surface area (Å²) in [4.78, 5) is 35.4. The Morgan fingerprint density at radius 1 is 1.24 bits per heavy atom. The molecule has 3 amide bonds. The van der Waals surface area contributed by atoms with Gasteiger partial charge < -0.3 is 20.7 Å². The monoisotopic (exact) mass is 416 g/mol. The van der Waals surface area contributed by atoms with Crippen molar-refractivity contribution in [2.45, 2.75) is 13.0 Å². The molecule has 0 aliphatic carbocycles. The van der Waals surface area contributed by atoms with E-state index in [1.807, 2.05) is 0 Å². The van der Waals surface area contributed by atoms with Crippen LogP contribution in [0.2, 0.25) is 5.02 Å². The maximum absolute atomic E-state index is 13.1. The van der Waals surface area contributed by atoms with Gasteiger partial charge in [0.25, 0.3) is 11.6 Å². The van der Waals surface area contributed by atoms with Gasteiger partial charge in [-0.3, -0.25) is 14.9 Å². The van der Waals surface area contributed by atoms with Gasteiger partial charge in [0, 0.05) is 22.9 Å². The summed E-state index contributed by atoms with van der Waals surface area (Å²) in [5.74, 6) is -0.0698. The van der Waals surface area contributed by atoms with Gasteiger partial charge >= 0.3 is 6.03 Å². The smallest absolute Gasteiger partial charge is 0.319 e. The lowest BCUT2D eigenvalue weighted by molar-refractivity contribution is -0.384. The Bertz CT molecular complexity index is 1020. The summed E-state index contributed by atoms with van der Waals surface area (Å²) < 4.78 is 5.24. The van der Waals surface area contributed by atoms with Gasteiger partial charge in [0.05, 0.1) is 29.3 Å². The number of benzene rings is 2. The van der Waals surface area contributed by atoms with Crippen molar-refractivity contribution in [2.75, 3.05) is 12.4 Å². The average Bonchev–Trinajstić information content (AvgIpc) is 2.67. The highest BCUT2D eigenvalue weighted by Gasteiger charge is 2.31. The predicted octanol–water partition coefficient (Wildman–Crippen LogP) is 3.52. The molecule has 1 unspecified atom stereocenters. The van der Waals surface area contributed by atoms with Crippen LogP contribution in [0.5, 0.6) is 5.75 Å². The molecule has 2 aromatic carbocycles. The molecule has 3 rings (SSSR count). The number of ether oxygens (including phenoxy) is 1. The van der Waals surface area contributed by atoms with Crippen LogP contribution in [0.3, 0.4) is 0 Å². The molecule has 3 N–H and O–H groups in total. The molecule has 0 spiro atoms. The van der Waals surface area contributed by atoms with Crippen molar-refractivity contribution in [3.8, 4) is 5.75 Å². The Morgan fingerprint density at radius 2 is 1.93 bits per heavy atom. The summed E-state index contributed by atoms with van der Waals surface area (Å²) in [5, 5.41) is 19.3. The van der Waals surface area contributed by atoms with Crippen LogP contribution in [0.25, 0.3) is 0 Å². The van der Waals surface area contributed by atoms with Crippen LogP contribution in [0.15, 0.2) is 53.7 Å². The number of nitro benzene ring substituents is 1. The van der Waals surface area contributed by atoms with E-state index in [-0.39, 0.29) is 11.3 Å². The highest BCUT2D eigenvalue weighted by atomic mass is 35.5. The molecule has 9 nitrogen and oxygen atoms in total. The zero-order valence-corrected chi connectivity index (χ0v) is 16.2. The zero-order chi connectivity index (χ0) is 21.1. The van der Waals surface area contributed by atoms with E-state index in [0.717, 1.165) is 0 Å². The number of carbonyl (C=O) groups excluding carboxylic acids is 2. The van der Waals surface area contributed by atoms with Crippen LogP contribution in [0.4, 0.5) is 16.2 Å². The van der Waals surface area contributed by atoms with Crippen LogP contribution >= 0.6 is 11.6 Å². The van der Waals surface area contributed by atoms with E-state index in [4.69, 9.17) is 16.3 Å². The Morgan fingerprint density at radius 3 is 2.55 bits per heavy atom. The van der Waals surface area contributed by atoms with Crippen LogP contribution in [-0.2, 0) is 4.79 Å². The zero-order valence-electron chi connectivity index (χ0n) is 15.5. The van der Waals surface area contributed by atoms with Crippen molar-refractivity contribution in [2.24, 2.45) is 0 Å². The SMILES string of the molecule is COc1ccc(Cl)cc1NC(=O)C1=C(C)NC(=O)NC1c1ccc([N+](=O)[O-])cc1. The summed E-state index contributed by atoms with van der Waals surface area (Å²) in [6, 6.07) is 9.13. The number of rotatable bonds is 5.